The Morgan fingerprint density at radius 2 is 0.821 bits per heavy atom. The molecule has 10 aromatic carbocycles. The third-order valence-electron chi connectivity index (χ3n) is 11.3. The molecule has 0 heterocycles. The van der Waals surface area contributed by atoms with Crippen molar-refractivity contribution in [1.29, 1.82) is 0 Å². The van der Waals surface area contributed by atoms with Gasteiger partial charge in [-0.3, -0.25) is 0 Å². The summed E-state index contributed by atoms with van der Waals surface area (Å²) in [5.74, 6) is 0. The molecule has 10 aromatic rings. The first-order valence-corrected chi connectivity index (χ1v) is 19.3. The Hall–Kier alpha value is -7.42. The molecule has 0 bridgehead atoms. The molecule has 0 fully saturated rings. The Balaban J connectivity index is 1.25. The summed E-state index contributed by atoms with van der Waals surface area (Å²) in [6, 6.07) is 77.1. The number of fused-ring (bicyclic) bond motifs is 5. The fourth-order valence-corrected chi connectivity index (χ4v) is 8.96. The summed E-state index contributed by atoms with van der Waals surface area (Å²) in [6.07, 6.45) is 0. The van der Waals surface area contributed by atoms with Crippen LogP contribution in [0.25, 0.3) is 76.8 Å². The predicted octanol–water partition coefficient (Wildman–Crippen LogP) is 15.3. The lowest BCUT2D eigenvalue weighted by Crippen LogP contribution is -2.09. The van der Waals surface area contributed by atoms with Crippen molar-refractivity contribution in [1.82, 2.24) is 0 Å². The Labute approximate surface area is 326 Å². The first-order chi connectivity index (χ1) is 27.8. The van der Waals surface area contributed by atoms with E-state index in [2.05, 4.69) is 223 Å². The zero-order valence-electron chi connectivity index (χ0n) is 30.7. The van der Waals surface area contributed by atoms with Gasteiger partial charge in [-0.15, -0.1) is 0 Å². The van der Waals surface area contributed by atoms with E-state index in [1.165, 1.54) is 76.8 Å². The van der Waals surface area contributed by atoms with Crippen molar-refractivity contribution in [3.05, 3.63) is 212 Å². The van der Waals surface area contributed by atoms with E-state index in [1.54, 1.807) is 0 Å². The fraction of sp³-hybridized carbons (Fsp3) is 0. The van der Waals surface area contributed by atoms with Crippen molar-refractivity contribution in [3.8, 4) is 44.5 Å². The molecule has 0 unspecified atom stereocenters. The second kappa shape index (κ2) is 13.2. The molecule has 1 aliphatic carbocycles. The van der Waals surface area contributed by atoms with Crippen LogP contribution in [-0.4, -0.2) is 0 Å². The highest BCUT2D eigenvalue weighted by molar-refractivity contribution is 6.27. The van der Waals surface area contributed by atoms with Gasteiger partial charge in [0.15, 0.2) is 0 Å². The third kappa shape index (κ3) is 5.19. The van der Waals surface area contributed by atoms with Crippen LogP contribution in [0.2, 0.25) is 0 Å². The van der Waals surface area contributed by atoms with E-state index in [4.69, 9.17) is 0 Å². The minimum atomic E-state index is 1.05. The van der Waals surface area contributed by atoms with Gasteiger partial charge in [0.05, 0.1) is 0 Å². The van der Waals surface area contributed by atoms with E-state index >= 15 is 0 Å². The van der Waals surface area contributed by atoms with Gasteiger partial charge in [-0.1, -0.05) is 152 Å². The van der Waals surface area contributed by atoms with Crippen molar-refractivity contribution >= 4 is 60.8 Å². The van der Waals surface area contributed by atoms with Gasteiger partial charge in [0.25, 0.3) is 0 Å². The van der Waals surface area contributed by atoms with Crippen LogP contribution in [0.15, 0.2) is 212 Å². The van der Waals surface area contributed by atoms with Crippen LogP contribution in [0, 0.1) is 0 Å². The number of para-hydroxylation sites is 3. The highest BCUT2D eigenvalue weighted by Crippen LogP contribution is 2.52. The van der Waals surface area contributed by atoms with Crippen LogP contribution in [0.1, 0.15) is 0 Å². The molecule has 0 spiro atoms. The molecule has 2 heteroatoms. The summed E-state index contributed by atoms with van der Waals surface area (Å²) in [6.45, 7) is 0. The second-order valence-electron chi connectivity index (χ2n) is 14.5. The SMILES string of the molecule is c1ccc(Nc2ccc3c(-c4ccccc4)c4cc(N(c5ccccc5)c5ccccc5)ccc4c(-c4ccc5c6c(cccc46)-c4ccccc4-5)c3c2)cc1. The molecule has 0 saturated carbocycles. The summed E-state index contributed by atoms with van der Waals surface area (Å²) in [5, 5.41) is 11.2. The van der Waals surface area contributed by atoms with Gasteiger partial charge in [-0.2, -0.15) is 0 Å². The normalized spacial score (nSPS) is 11.6. The van der Waals surface area contributed by atoms with E-state index < -0.39 is 0 Å². The first-order valence-electron chi connectivity index (χ1n) is 19.3. The van der Waals surface area contributed by atoms with Gasteiger partial charge in [0.1, 0.15) is 0 Å². The van der Waals surface area contributed by atoms with Gasteiger partial charge >= 0.3 is 0 Å². The summed E-state index contributed by atoms with van der Waals surface area (Å²) in [4.78, 5) is 2.36. The number of hydrogen-bond acceptors (Lipinski definition) is 2. The number of rotatable bonds is 7. The number of benzene rings is 10. The monoisotopic (exact) mass is 712 g/mol. The van der Waals surface area contributed by atoms with Crippen molar-refractivity contribution in [2.45, 2.75) is 0 Å². The second-order valence-corrected chi connectivity index (χ2v) is 14.5. The molecule has 0 atom stereocenters. The highest BCUT2D eigenvalue weighted by atomic mass is 15.1. The summed E-state index contributed by atoms with van der Waals surface area (Å²) >= 11 is 0. The topological polar surface area (TPSA) is 15.3 Å². The fourth-order valence-electron chi connectivity index (χ4n) is 8.96. The van der Waals surface area contributed by atoms with Crippen LogP contribution >= 0.6 is 0 Å². The van der Waals surface area contributed by atoms with E-state index in [0.29, 0.717) is 0 Å². The van der Waals surface area contributed by atoms with Crippen LogP contribution in [0.5, 0.6) is 0 Å². The first kappa shape index (κ1) is 32.0. The van der Waals surface area contributed by atoms with Gasteiger partial charge in [-0.05, 0) is 137 Å². The minimum absolute atomic E-state index is 1.05. The number of nitrogens with zero attached hydrogens (tertiary/aromatic N) is 1. The molecule has 0 aromatic heterocycles. The molecule has 56 heavy (non-hydrogen) atoms. The van der Waals surface area contributed by atoms with Gasteiger partial charge < -0.3 is 10.2 Å². The van der Waals surface area contributed by atoms with Crippen molar-refractivity contribution in [2.75, 3.05) is 10.2 Å². The van der Waals surface area contributed by atoms with E-state index in [-0.39, 0.29) is 0 Å². The van der Waals surface area contributed by atoms with Gasteiger partial charge in [0.2, 0.25) is 0 Å². The molecule has 0 saturated heterocycles. The average Bonchev–Trinajstić information content (AvgIpc) is 3.59. The molecule has 0 radical (unpaired) electrons. The molecule has 0 amide bonds. The third-order valence-corrected chi connectivity index (χ3v) is 11.3. The van der Waals surface area contributed by atoms with Crippen LogP contribution in [-0.2, 0) is 0 Å². The van der Waals surface area contributed by atoms with Crippen LogP contribution < -0.4 is 10.2 Å². The van der Waals surface area contributed by atoms with Crippen molar-refractivity contribution in [3.63, 3.8) is 0 Å². The molecule has 2 nitrogen and oxygen atoms in total. The smallest absolute Gasteiger partial charge is 0.0468 e. The Morgan fingerprint density at radius 3 is 1.52 bits per heavy atom. The summed E-state index contributed by atoms with van der Waals surface area (Å²) in [5.41, 5.74) is 15.6. The van der Waals surface area contributed by atoms with E-state index in [0.717, 1.165) is 28.4 Å². The summed E-state index contributed by atoms with van der Waals surface area (Å²) in [7, 11) is 0. The van der Waals surface area contributed by atoms with E-state index in [1.807, 2.05) is 0 Å². The maximum absolute atomic E-state index is 3.71. The van der Waals surface area contributed by atoms with Gasteiger partial charge in [0, 0.05) is 28.4 Å². The van der Waals surface area contributed by atoms with E-state index in [9.17, 15) is 0 Å². The zero-order valence-corrected chi connectivity index (χ0v) is 30.7. The predicted molar refractivity (Wildman–Crippen MR) is 239 cm³/mol. The Morgan fingerprint density at radius 1 is 0.286 bits per heavy atom. The highest BCUT2D eigenvalue weighted by Gasteiger charge is 2.25. The number of anilines is 5. The lowest BCUT2D eigenvalue weighted by molar-refractivity contribution is 1.29. The van der Waals surface area contributed by atoms with Crippen molar-refractivity contribution < 1.29 is 0 Å². The molecule has 0 aliphatic heterocycles. The maximum Gasteiger partial charge on any atom is 0.0468 e. The molecule has 1 N–H and O–H groups in total. The summed E-state index contributed by atoms with van der Waals surface area (Å²) < 4.78 is 0. The van der Waals surface area contributed by atoms with Crippen LogP contribution in [0.4, 0.5) is 28.4 Å². The largest absolute Gasteiger partial charge is 0.356 e. The molecular formula is C54H36N2. The Kier molecular flexibility index (Phi) is 7.53. The molecule has 262 valence electrons. The van der Waals surface area contributed by atoms with Crippen LogP contribution in [0.3, 0.4) is 0 Å². The quantitative estimate of drug-likeness (QED) is 0.166. The zero-order chi connectivity index (χ0) is 37.0. The molecule has 1 aliphatic rings. The standard InChI is InChI=1S/C54H36N2/c1-5-16-36(17-6-1)52-48-30-28-38(55-37-18-7-2-8-19-37)34-50(48)54(47-33-32-46-43-25-14-13-24-42(43)44-26-15-27-45(47)53(44)46)49-31-29-41(35-51(49)52)56(39-20-9-3-10-21-39)40-22-11-4-12-23-40/h1-35,55H. The maximum atomic E-state index is 3.71. The Bertz CT molecular complexity index is 3010. The lowest BCUT2D eigenvalue weighted by atomic mass is 9.83. The lowest BCUT2D eigenvalue weighted by Gasteiger charge is -2.27. The average molecular weight is 713 g/mol. The van der Waals surface area contributed by atoms with Crippen molar-refractivity contribution in [2.24, 2.45) is 0 Å². The molecule has 11 rings (SSSR count). The van der Waals surface area contributed by atoms with Gasteiger partial charge in [-0.25, -0.2) is 0 Å². The number of hydrogen-bond donors (Lipinski definition) is 1. The number of nitrogens with one attached hydrogen (secondary N) is 1. The minimum Gasteiger partial charge on any atom is -0.356 e. The molecular weight excluding hydrogens is 677 g/mol.